The number of amides is 1. The van der Waals surface area contributed by atoms with Gasteiger partial charge in [0.15, 0.2) is 0 Å². The summed E-state index contributed by atoms with van der Waals surface area (Å²) in [4.78, 5) is 12.4. The van der Waals surface area contributed by atoms with E-state index in [-0.39, 0.29) is 18.3 Å². The van der Waals surface area contributed by atoms with E-state index in [9.17, 15) is 4.79 Å². The zero-order chi connectivity index (χ0) is 15.5. The number of piperidine rings is 1. The minimum atomic E-state index is 0. The third-order valence-electron chi connectivity index (χ3n) is 5.32. The smallest absolute Gasteiger partial charge is 0.225 e. The molecule has 2 heterocycles. The molecule has 1 saturated carbocycles. The molecule has 1 aromatic rings. The molecule has 2 fully saturated rings. The van der Waals surface area contributed by atoms with E-state index in [2.05, 4.69) is 29.6 Å². The van der Waals surface area contributed by atoms with Gasteiger partial charge >= 0.3 is 0 Å². The van der Waals surface area contributed by atoms with Crippen LogP contribution in [-0.4, -0.2) is 28.8 Å². The van der Waals surface area contributed by atoms with Crippen molar-refractivity contribution in [3.8, 4) is 0 Å². The highest BCUT2D eigenvalue weighted by atomic mass is 35.5. The molecule has 2 unspecified atom stereocenters. The summed E-state index contributed by atoms with van der Waals surface area (Å²) in [7, 11) is 0. The first kappa shape index (κ1) is 18.3. The highest BCUT2D eigenvalue weighted by Crippen LogP contribution is 2.40. The van der Waals surface area contributed by atoms with Crippen LogP contribution in [0.3, 0.4) is 0 Å². The summed E-state index contributed by atoms with van der Waals surface area (Å²) in [6.07, 6.45) is 7.32. The second-order valence-electron chi connectivity index (χ2n) is 7.06. The molecule has 2 atom stereocenters. The second kappa shape index (κ2) is 8.15. The highest BCUT2D eigenvalue weighted by molar-refractivity contribution is 5.90. The Morgan fingerprint density at radius 3 is 2.65 bits per heavy atom. The molecule has 0 radical (unpaired) electrons. The zero-order valence-electron chi connectivity index (χ0n) is 14.1. The minimum Gasteiger partial charge on any atom is -0.317 e. The molecule has 5 nitrogen and oxygen atoms in total. The second-order valence-corrected chi connectivity index (χ2v) is 7.06. The van der Waals surface area contributed by atoms with Crippen LogP contribution < -0.4 is 10.6 Å². The molecule has 2 aliphatic rings. The SMILES string of the molecule is CC(CC(=O)Nc1ccnn1C(C)C1CC1)C1CCNCC1.Cl. The quantitative estimate of drug-likeness (QED) is 0.835. The van der Waals surface area contributed by atoms with Crippen LogP contribution in [0.25, 0.3) is 0 Å². The standard InChI is InChI=1S/C17H28N4O.ClH/c1-12(14-5-8-18-9-6-14)11-17(22)20-16-7-10-19-21(16)13(2)15-3-4-15;/h7,10,12-15,18H,3-6,8-9,11H2,1-2H3,(H,20,22);1H. The maximum atomic E-state index is 12.4. The van der Waals surface area contributed by atoms with Gasteiger partial charge in [-0.2, -0.15) is 5.10 Å². The minimum absolute atomic E-state index is 0. The number of rotatable bonds is 6. The number of halogens is 1. The number of nitrogens with zero attached hydrogens (tertiary/aromatic N) is 2. The molecular formula is C17H29ClN4O. The van der Waals surface area contributed by atoms with E-state index in [0.29, 0.717) is 24.3 Å². The molecule has 1 aromatic heterocycles. The molecule has 1 aliphatic carbocycles. The largest absolute Gasteiger partial charge is 0.317 e. The molecule has 3 rings (SSSR count). The molecule has 2 N–H and O–H groups in total. The molecule has 1 saturated heterocycles. The van der Waals surface area contributed by atoms with Gasteiger partial charge in [0.05, 0.1) is 12.2 Å². The summed E-state index contributed by atoms with van der Waals surface area (Å²) in [6, 6.07) is 2.29. The lowest BCUT2D eigenvalue weighted by Gasteiger charge is -2.28. The van der Waals surface area contributed by atoms with E-state index in [1.165, 1.54) is 25.7 Å². The average molecular weight is 341 g/mol. The van der Waals surface area contributed by atoms with Gasteiger partial charge < -0.3 is 10.6 Å². The van der Waals surface area contributed by atoms with Crippen molar-refractivity contribution < 1.29 is 4.79 Å². The normalized spacial score (nSPS) is 21.3. The fraction of sp³-hybridized carbons (Fsp3) is 0.765. The summed E-state index contributed by atoms with van der Waals surface area (Å²) in [5, 5.41) is 10.8. The maximum absolute atomic E-state index is 12.4. The summed E-state index contributed by atoms with van der Waals surface area (Å²) in [5.74, 6) is 2.81. The van der Waals surface area contributed by atoms with Gasteiger partial charge in [-0.3, -0.25) is 4.79 Å². The predicted molar refractivity (Wildman–Crippen MR) is 94.9 cm³/mol. The van der Waals surface area contributed by atoms with E-state index < -0.39 is 0 Å². The van der Waals surface area contributed by atoms with Gasteiger partial charge in [-0.15, -0.1) is 12.4 Å². The number of anilines is 1. The van der Waals surface area contributed by atoms with Crippen LogP contribution >= 0.6 is 12.4 Å². The van der Waals surface area contributed by atoms with Crippen LogP contribution in [0.2, 0.25) is 0 Å². The third kappa shape index (κ3) is 4.70. The lowest BCUT2D eigenvalue weighted by atomic mass is 9.84. The van der Waals surface area contributed by atoms with Crippen molar-refractivity contribution >= 4 is 24.1 Å². The number of carbonyl (C=O) groups excluding carboxylic acids is 1. The summed E-state index contributed by atoms with van der Waals surface area (Å²) in [5.41, 5.74) is 0. The Morgan fingerprint density at radius 1 is 1.30 bits per heavy atom. The Hall–Kier alpha value is -1.07. The van der Waals surface area contributed by atoms with Gasteiger partial charge in [-0.05, 0) is 63.5 Å². The topological polar surface area (TPSA) is 59.0 Å². The Bertz CT molecular complexity index is 508. The predicted octanol–water partition coefficient (Wildman–Crippen LogP) is 3.24. The summed E-state index contributed by atoms with van der Waals surface area (Å²) < 4.78 is 1.98. The molecule has 1 amide bonds. The van der Waals surface area contributed by atoms with E-state index in [1.807, 2.05) is 10.7 Å². The van der Waals surface area contributed by atoms with Crippen molar-refractivity contribution in [3.05, 3.63) is 12.3 Å². The first-order valence-corrected chi connectivity index (χ1v) is 8.69. The lowest BCUT2D eigenvalue weighted by molar-refractivity contribution is -0.117. The van der Waals surface area contributed by atoms with Gasteiger partial charge in [0.1, 0.15) is 5.82 Å². The summed E-state index contributed by atoms with van der Waals surface area (Å²) in [6.45, 7) is 6.57. The van der Waals surface area contributed by atoms with Crippen molar-refractivity contribution in [2.45, 2.75) is 52.0 Å². The van der Waals surface area contributed by atoms with E-state index in [0.717, 1.165) is 24.8 Å². The third-order valence-corrected chi connectivity index (χ3v) is 5.32. The van der Waals surface area contributed by atoms with Crippen LogP contribution in [0.15, 0.2) is 12.3 Å². The monoisotopic (exact) mass is 340 g/mol. The number of aromatic nitrogens is 2. The van der Waals surface area contributed by atoms with Gasteiger partial charge in [0.2, 0.25) is 5.91 Å². The van der Waals surface area contributed by atoms with Crippen molar-refractivity contribution in [3.63, 3.8) is 0 Å². The molecule has 0 aromatic carbocycles. The lowest BCUT2D eigenvalue weighted by Crippen LogP contribution is -2.32. The molecule has 0 spiro atoms. The van der Waals surface area contributed by atoms with Crippen molar-refractivity contribution in [1.29, 1.82) is 0 Å². The Labute approximate surface area is 145 Å². The van der Waals surface area contributed by atoms with Crippen LogP contribution in [0, 0.1) is 17.8 Å². The van der Waals surface area contributed by atoms with Crippen molar-refractivity contribution in [1.82, 2.24) is 15.1 Å². The zero-order valence-corrected chi connectivity index (χ0v) is 14.9. The first-order chi connectivity index (χ1) is 10.6. The van der Waals surface area contributed by atoms with Gasteiger partial charge in [0.25, 0.3) is 0 Å². The number of carbonyl (C=O) groups is 1. The van der Waals surface area contributed by atoms with Gasteiger partial charge in [-0.25, -0.2) is 4.68 Å². The molecule has 0 bridgehead atoms. The van der Waals surface area contributed by atoms with Gasteiger partial charge in [0, 0.05) is 12.5 Å². The molecule has 23 heavy (non-hydrogen) atoms. The Morgan fingerprint density at radius 2 is 2.00 bits per heavy atom. The fourth-order valence-corrected chi connectivity index (χ4v) is 3.58. The first-order valence-electron chi connectivity index (χ1n) is 8.69. The van der Waals surface area contributed by atoms with Crippen LogP contribution in [-0.2, 0) is 4.79 Å². The van der Waals surface area contributed by atoms with Crippen LogP contribution in [0.1, 0.15) is 52.0 Å². The average Bonchev–Trinajstić information content (AvgIpc) is 3.28. The van der Waals surface area contributed by atoms with E-state index in [4.69, 9.17) is 0 Å². The molecule has 1 aliphatic heterocycles. The van der Waals surface area contributed by atoms with E-state index in [1.54, 1.807) is 6.20 Å². The van der Waals surface area contributed by atoms with Crippen molar-refractivity contribution in [2.75, 3.05) is 18.4 Å². The Kier molecular flexibility index (Phi) is 6.48. The number of hydrogen-bond acceptors (Lipinski definition) is 3. The molecule has 6 heteroatoms. The van der Waals surface area contributed by atoms with Crippen LogP contribution in [0.5, 0.6) is 0 Å². The molecular weight excluding hydrogens is 312 g/mol. The van der Waals surface area contributed by atoms with Gasteiger partial charge in [-0.1, -0.05) is 6.92 Å². The molecule has 130 valence electrons. The Balaban J connectivity index is 0.00000192. The highest BCUT2D eigenvalue weighted by Gasteiger charge is 2.31. The number of nitrogens with one attached hydrogen (secondary N) is 2. The maximum Gasteiger partial charge on any atom is 0.225 e. The fourth-order valence-electron chi connectivity index (χ4n) is 3.58. The van der Waals surface area contributed by atoms with Crippen molar-refractivity contribution in [2.24, 2.45) is 17.8 Å². The van der Waals surface area contributed by atoms with Crippen LogP contribution in [0.4, 0.5) is 5.82 Å². The van der Waals surface area contributed by atoms with E-state index >= 15 is 0 Å². The summed E-state index contributed by atoms with van der Waals surface area (Å²) >= 11 is 0. The number of hydrogen-bond donors (Lipinski definition) is 2.